The highest BCUT2D eigenvalue weighted by Gasteiger charge is 2.15. The molecule has 0 spiro atoms. The van der Waals surface area contributed by atoms with Gasteiger partial charge in [-0.25, -0.2) is 9.97 Å². The molecule has 0 amide bonds. The zero-order valence-corrected chi connectivity index (χ0v) is 13.0. The van der Waals surface area contributed by atoms with Gasteiger partial charge in [-0.2, -0.15) is 0 Å². The third kappa shape index (κ3) is 2.62. The molecular weight excluding hydrogens is 290 g/mol. The Labute approximate surface area is 125 Å². The van der Waals surface area contributed by atoms with Gasteiger partial charge in [-0.3, -0.25) is 0 Å². The van der Waals surface area contributed by atoms with Gasteiger partial charge in [-0.15, -0.1) is 22.7 Å². The van der Waals surface area contributed by atoms with Crippen molar-refractivity contribution in [1.29, 1.82) is 0 Å². The van der Waals surface area contributed by atoms with Crippen molar-refractivity contribution in [2.75, 3.05) is 11.9 Å². The highest BCUT2D eigenvalue weighted by molar-refractivity contribution is 7.19. The van der Waals surface area contributed by atoms with E-state index in [0.29, 0.717) is 0 Å². The monoisotopic (exact) mass is 305 g/mol. The minimum absolute atomic E-state index is 0.809. The smallest absolute Gasteiger partial charge is 0.183 e. The molecule has 0 radical (unpaired) electrons. The Bertz CT molecular complexity index is 685. The third-order valence-corrected chi connectivity index (χ3v) is 4.79. The van der Waals surface area contributed by atoms with Crippen molar-refractivity contribution in [1.82, 2.24) is 9.97 Å². The summed E-state index contributed by atoms with van der Waals surface area (Å²) in [5.74, 6) is 0.809. The lowest BCUT2D eigenvalue weighted by atomic mass is 10.3. The Balaban J connectivity index is 1.88. The summed E-state index contributed by atoms with van der Waals surface area (Å²) in [5, 5.41) is 7.25. The SMILES string of the molecule is CCCNc1nc(-c2sc(-c3ccco3)nc2C)cs1. The van der Waals surface area contributed by atoms with Gasteiger partial charge in [0.2, 0.25) is 0 Å². The summed E-state index contributed by atoms with van der Waals surface area (Å²) >= 11 is 3.25. The molecule has 0 aliphatic rings. The van der Waals surface area contributed by atoms with Crippen LogP contribution in [0.1, 0.15) is 19.0 Å². The Morgan fingerprint density at radius 1 is 1.35 bits per heavy atom. The van der Waals surface area contributed by atoms with Crippen LogP contribution in [0.3, 0.4) is 0 Å². The van der Waals surface area contributed by atoms with Crippen molar-refractivity contribution in [3.8, 4) is 21.3 Å². The van der Waals surface area contributed by atoms with Gasteiger partial charge < -0.3 is 9.73 Å². The Hall–Kier alpha value is -1.66. The molecule has 0 aromatic carbocycles. The standard InChI is InChI=1S/C14H15N3OS2/c1-3-6-15-14-17-10(8-19-14)12-9(2)16-13(20-12)11-5-4-7-18-11/h4-5,7-8H,3,6H2,1-2H3,(H,15,17). The fourth-order valence-corrected chi connectivity index (χ4v) is 3.63. The molecule has 0 atom stereocenters. The minimum Gasteiger partial charge on any atom is -0.462 e. The van der Waals surface area contributed by atoms with Gasteiger partial charge in [0, 0.05) is 11.9 Å². The lowest BCUT2D eigenvalue weighted by molar-refractivity contribution is 0.581. The molecule has 4 nitrogen and oxygen atoms in total. The number of aryl methyl sites for hydroxylation is 1. The van der Waals surface area contributed by atoms with Crippen LogP contribution in [0.5, 0.6) is 0 Å². The average molecular weight is 305 g/mol. The normalized spacial score (nSPS) is 10.9. The van der Waals surface area contributed by atoms with Crippen LogP contribution in [0, 0.1) is 6.92 Å². The van der Waals surface area contributed by atoms with Gasteiger partial charge in [0.1, 0.15) is 0 Å². The Kier molecular flexibility index (Phi) is 3.84. The predicted octanol–water partition coefficient (Wildman–Crippen LogP) is 4.66. The molecule has 0 saturated carbocycles. The van der Waals surface area contributed by atoms with Gasteiger partial charge in [0.25, 0.3) is 0 Å². The lowest BCUT2D eigenvalue weighted by Gasteiger charge is -1.97. The molecule has 3 heterocycles. The topological polar surface area (TPSA) is 51.0 Å². The van der Waals surface area contributed by atoms with E-state index in [0.717, 1.165) is 45.1 Å². The van der Waals surface area contributed by atoms with E-state index in [2.05, 4.69) is 27.6 Å². The van der Waals surface area contributed by atoms with Crippen LogP contribution in [-0.2, 0) is 0 Å². The molecule has 3 aromatic rings. The van der Waals surface area contributed by atoms with E-state index in [4.69, 9.17) is 4.42 Å². The maximum atomic E-state index is 5.40. The molecule has 0 aliphatic carbocycles. The van der Waals surface area contributed by atoms with E-state index < -0.39 is 0 Å². The van der Waals surface area contributed by atoms with Crippen molar-refractivity contribution < 1.29 is 4.42 Å². The second-order valence-corrected chi connectivity index (χ2v) is 6.23. The fraction of sp³-hybridized carbons (Fsp3) is 0.286. The van der Waals surface area contributed by atoms with Gasteiger partial charge >= 0.3 is 0 Å². The van der Waals surface area contributed by atoms with Crippen LogP contribution in [0.25, 0.3) is 21.3 Å². The molecule has 6 heteroatoms. The van der Waals surface area contributed by atoms with Crippen molar-refractivity contribution in [2.24, 2.45) is 0 Å². The molecular formula is C14H15N3OS2. The Morgan fingerprint density at radius 3 is 3.00 bits per heavy atom. The van der Waals surface area contributed by atoms with Gasteiger partial charge in [0.05, 0.1) is 22.5 Å². The van der Waals surface area contributed by atoms with Crippen LogP contribution in [-0.4, -0.2) is 16.5 Å². The summed E-state index contributed by atoms with van der Waals surface area (Å²) in [5.41, 5.74) is 1.98. The van der Waals surface area contributed by atoms with Crippen LogP contribution >= 0.6 is 22.7 Å². The van der Waals surface area contributed by atoms with E-state index in [1.54, 1.807) is 28.9 Å². The second kappa shape index (κ2) is 5.76. The van der Waals surface area contributed by atoms with Gasteiger partial charge in [0.15, 0.2) is 15.9 Å². The summed E-state index contributed by atoms with van der Waals surface area (Å²) in [4.78, 5) is 10.3. The van der Waals surface area contributed by atoms with Crippen LogP contribution in [0.2, 0.25) is 0 Å². The number of hydrogen-bond donors (Lipinski definition) is 1. The maximum absolute atomic E-state index is 5.40. The molecule has 0 fully saturated rings. The molecule has 0 bridgehead atoms. The van der Waals surface area contributed by atoms with Crippen molar-refractivity contribution in [2.45, 2.75) is 20.3 Å². The van der Waals surface area contributed by atoms with Gasteiger partial charge in [-0.1, -0.05) is 6.92 Å². The van der Waals surface area contributed by atoms with Crippen LogP contribution in [0.4, 0.5) is 5.13 Å². The number of anilines is 1. The summed E-state index contributed by atoms with van der Waals surface area (Å²) in [6, 6.07) is 3.80. The van der Waals surface area contributed by atoms with Crippen LogP contribution in [0.15, 0.2) is 28.2 Å². The number of furan rings is 1. The average Bonchev–Trinajstić information content (AvgIpc) is 3.16. The second-order valence-electron chi connectivity index (χ2n) is 4.38. The zero-order chi connectivity index (χ0) is 13.9. The Morgan fingerprint density at radius 2 is 2.25 bits per heavy atom. The van der Waals surface area contributed by atoms with E-state index >= 15 is 0 Å². The summed E-state index contributed by atoms with van der Waals surface area (Å²) in [7, 11) is 0. The summed E-state index contributed by atoms with van der Waals surface area (Å²) in [6.07, 6.45) is 2.76. The van der Waals surface area contributed by atoms with Crippen molar-refractivity contribution in [3.63, 3.8) is 0 Å². The minimum atomic E-state index is 0.809. The fourth-order valence-electron chi connectivity index (χ4n) is 1.83. The van der Waals surface area contributed by atoms with E-state index in [1.165, 1.54) is 0 Å². The number of nitrogens with zero attached hydrogens (tertiary/aromatic N) is 2. The predicted molar refractivity (Wildman–Crippen MR) is 84.4 cm³/mol. The molecule has 0 aliphatic heterocycles. The molecule has 104 valence electrons. The summed E-state index contributed by atoms with van der Waals surface area (Å²) in [6.45, 7) is 5.10. The first-order valence-corrected chi connectivity index (χ1v) is 8.18. The first-order valence-electron chi connectivity index (χ1n) is 6.49. The highest BCUT2D eigenvalue weighted by atomic mass is 32.1. The number of nitrogens with one attached hydrogen (secondary N) is 1. The molecule has 20 heavy (non-hydrogen) atoms. The first-order chi connectivity index (χ1) is 9.78. The molecule has 0 unspecified atom stereocenters. The maximum Gasteiger partial charge on any atom is 0.183 e. The summed E-state index contributed by atoms with van der Waals surface area (Å²) < 4.78 is 5.40. The van der Waals surface area contributed by atoms with Crippen molar-refractivity contribution >= 4 is 27.8 Å². The number of thiazole rings is 2. The quantitative estimate of drug-likeness (QED) is 0.745. The van der Waals surface area contributed by atoms with Gasteiger partial charge in [-0.05, 0) is 25.5 Å². The lowest BCUT2D eigenvalue weighted by Crippen LogP contribution is -1.98. The van der Waals surface area contributed by atoms with E-state index in [-0.39, 0.29) is 0 Å². The van der Waals surface area contributed by atoms with Crippen LogP contribution < -0.4 is 5.32 Å². The third-order valence-electron chi connectivity index (χ3n) is 2.79. The molecule has 0 saturated heterocycles. The molecule has 1 N–H and O–H groups in total. The first kappa shape index (κ1) is 13.3. The number of rotatable bonds is 5. The number of hydrogen-bond acceptors (Lipinski definition) is 6. The largest absolute Gasteiger partial charge is 0.462 e. The number of aromatic nitrogens is 2. The zero-order valence-electron chi connectivity index (χ0n) is 11.3. The highest BCUT2D eigenvalue weighted by Crippen LogP contribution is 2.36. The molecule has 3 aromatic heterocycles. The van der Waals surface area contributed by atoms with Crippen molar-refractivity contribution in [3.05, 3.63) is 29.5 Å². The molecule has 3 rings (SSSR count). The van der Waals surface area contributed by atoms with E-state index in [9.17, 15) is 0 Å². The van der Waals surface area contributed by atoms with E-state index in [1.807, 2.05) is 19.1 Å².